The van der Waals surface area contributed by atoms with Crippen LogP contribution >= 0.6 is 8.25 Å². The van der Waals surface area contributed by atoms with Crippen LogP contribution in [0.1, 0.15) is 103 Å². The minimum atomic E-state index is -2.98. The van der Waals surface area contributed by atoms with Crippen molar-refractivity contribution in [1.82, 2.24) is 9.55 Å². The van der Waals surface area contributed by atoms with Gasteiger partial charge >= 0.3 is 13.9 Å². The van der Waals surface area contributed by atoms with E-state index >= 15 is 0 Å². The number of nitrogens with zero attached hydrogens (tertiary/aromatic N) is 1. The Bertz CT molecular complexity index is 934. The first-order valence-corrected chi connectivity index (χ1v) is 15.3. The van der Waals surface area contributed by atoms with Gasteiger partial charge in [0.25, 0.3) is 5.56 Å². The minimum Gasteiger partial charge on any atom is -0.394 e. The quantitative estimate of drug-likeness (QED) is 0.110. The Kier molecular flexibility index (Phi) is 16.6. The maximum atomic E-state index is 12.3. The van der Waals surface area contributed by atoms with Crippen molar-refractivity contribution in [2.75, 3.05) is 13.2 Å². The van der Waals surface area contributed by atoms with Gasteiger partial charge in [0.15, 0.2) is 12.3 Å². The van der Waals surface area contributed by atoms with Crippen molar-refractivity contribution in [1.29, 1.82) is 0 Å². The highest BCUT2D eigenvalue weighted by Gasteiger charge is 2.51. The lowest BCUT2D eigenvalue weighted by molar-refractivity contribution is -0.0744. The van der Waals surface area contributed by atoms with Crippen LogP contribution in [0.4, 0.5) is 0 Å². The molecule has 11 heteroatoms. The summed E-state index contributed by atoms with van der Waals surface area (Å²) >= 11 is 0. The van der Waals surface area contributed by atoms with E-state index in [1.807, 2.05) is 0 Å². The molecule has 1 aromatic heterocycles. The molecule has 1 saturated heterocycles. The van der Waals surface area contributed by atoms with Crippen LogP contribution in [0.3, 0.4) is 0 Å². The maximum absolute atomic E-state index is 12.3. The van der Waals surface area contributed by atoms with Crippen molar-refractivity contribution in [3.8, 4) is 0 Å². The number of nitrogens with one attached hydrogen (secondary N) is 1. The Morgan fingerprint density at radius 3 is 2.16 bits per heavy atom. The molecule has 2 heterocycles. The molecule has 1 aromatic rings. The van der Waals surface area contributed by atoms with Crippen LogP contribution in [0, 0.1) is 0 Å². The van der Waals surface area contributed by atoms with Crippen molar-refractivity contribution < 1.29 is 28.6 Å². The van der Waals surface area contributed by atoms with Crippen LogP contribution in [0.2, 0.25) is 0 Å². The van der Waals surface area contributed by atoms with Gasteiger partial charge in [0, 0.05) is 23.4 Å². The Hall–Kier alpha value is -1.68. The Morgan fingerprint density at radius 1 is 0.974 bits per heavy atom. The number of aromatic amines is 1. The average molecular weight is 558 g/mol. The van der Waals surface area contributed by atoms with Gasteiger partial charge in [0.05, 0.1) is 6.61 Å². The molecule has 3 N–H and O–H groups in total. The highest BCUT2D eigenvalue weighted by Crippen LogP contribution is 2.37. The molecule has 2 unspecified atom stereocenters. The molecule has 0 saturated carbocycles. The van der Waals surface area contributed by atoms with Crippen molar-refractivity contribution >= 4 is 8.25 Å². The van der Waals surface area contributed by atoms with Gasteiger partial charge in [0.2, 0.25) is 0 Å². The number of ether oxygens (including phenoxy) is 2. The van der Waals surface area contributed by atoms with E-state index < -0.39 is 50.7 Å². The summed E-state index contributed by atoms with van der Waals surface area (Å²) in [5.74, 6) is 0. The minimum absolute atomic E-state index is 0.337. The largest absolute Gasteiger partial charge is 0.695 e. The monoisotopic (exact) mass is 557 g/mol. The molecule has 0 spiro atoms. The van der Waals surface area contributed by atoms with E-state index in [4.69, 9.17) is 14.0 Å². The molecular weight excluding hydrogens is 511 g/mol. The lowest BCUT2D eigenvalue weighted by atomic mass is 10.1. The molecule has 0 radical (unpaired) electrons. The molecule has 0 amide bonds. The Balaban J connectivity index is 1.67. The zero-order valence-corrected chi connectivity index (χ0v) is 23.6. The van der Waals surface area contributed by atoms with Crippen molar-refractivity contribution in [3.05, 3.63) is 45.3 Å². The summed E-state index contributed by atoms with van der Waals surface area (Å²) in [5.41, 5.74) is -1.27. The molecule has 1 aliphatic heterocycles. The van der Waals surface area contributed by atoms with E-state index in [1.54, 1.807) is 0 Å². The molecule has 1 aliphatic rings. The number of rotatable bonds is 21. The van der Waals surface area contributed by atoms with Crippen LogP contribution in [-0.2, 0) is 18.6 Å². The molecule has 10 nitrogen and oxygen atoms in total. The fraction of sp³-hybridized carbons (Fsp3) is 0.778. The standard InChI is InChI=1S/C27H45N2O8P/c1-2-3-4-5-6-7-8-9-10-11-12-13-14-15-16-17-20-35-25-24(37-38(33)34)22(21-30)36-26(25)29-19-18-23(31)28-27(29)32/h9-10,18-19,22,24-26,30H,2-8,11-17,20-21H2,1H3,(H-,28,31,32,33,34)/p+1/b10-9-/t22-,24?,25+,26-/m1/s1. The van der Waals surface area contributed by atoms with Gasteiger partial charge in [-0.15, -0.1) is 9.42 Å². The lowest BCUT2D eigenvalue weighted by Gasteiger charge is -2.22. The predicted molar refractivity (Wildman–Crippen MR) is 146 cm³/mol. The summed E-state index contributed by atoms with van der Waals surface area (Å²) in [5, 5.41) is 9.68. The fourth-order valence-electron chi connectivity index (χ4n) is 4.68. The summed E-state index contributed by atoms with van der Waals surface area (Å²) in [6.45, 7) is 2.09. The van der Waals surface area contributed by atoms with Gasteiger partial charge in [-0.2, -0.15) is 0 Å². The van der Waals surface area contributed by atoms with Gasteiger partial charge in [-0.05, 0) is 32.1 Å². The van der Waals surface area contributed by atoms with Crippen LogP contribution in [0.5, 0.6) is 0 Å². The number of allylic oxidation sites excluding steroid dienone is 2. The number of hydrogen-bond acceptors (Lipinski definition) is 7. The summed E-state index contributed by atoms with van der Waals surface area (Å²) in [7, 11) is -2.98. The SMILES string of the molecule is CCCCCCCC/C=C\CCCCCCCCO[C@H]1C(O[P+](=O)O)[C@@H](CO)O[C@H]1n1ccc(=O)[nH]c1=O. The van der Waals surface area contributed by atoms with Gasteiger partial charge in [-0.25, -0.2) is 4.79 Å². The number of aliphatic hydroxyl groups excluding tert-OH is 1. The maximum Gasteiger partial charge on any atom is 0.695 e. The zero-order chi connectivity index (χ0) is 27.6. The van der Waals surface area contributed by atoms with E-state index in [2.05, 4.69) is 24.1 Å². The predicted octanol–water partition coefficient (Wildman–Crippen LogP) is 4.88. The fourth-order valence-corrected chi connectivity index (χ4v) is 5.15. The number of aromatic nitrogens is 2. The second-order valence-corrected chi connectivity index (χ2v) is 10.5. The first-order valence-electron chi connectivity index (χ1n) is 14.1. The van der Waals surface area contributed by atoms with Crippen molar-refractivity contribution in [2.45, 2.75) is 121 Å². The van der Waals surface area contributed by atoms with Crippen LogP contribution in [0.25, 0.3) is 0 Å². The normalized spacial score (nSPS) is 21.9. The second-order valence-electron chi connectivity index (χ2n) is 9.85. The van der Waals surface area contributed by atoms with Gasteiger partial charge < -0.3 is 14.6 Å². The first-order chi connectivity index (χ1) is 18.5. The van der Waals surface area contributed by atoms with E-state index in [0.29, 0.717) is 6.61 Å². The molecule has 216 valence electrons. The average Bonchev–Trinajstić information content (AvgIpc) is 3.22. The summed E-state index contributed by atoms with van der Waals surface area (Å²) < 4.78 is 29.3. The third-order valence-corrected chi connectivity index (χ3v) is 7.19. The van der Waals surface area contributed by atoms with E-state index in [1.165, 1.54) is 70.1 Å². The highest BCUT2D eigenvalue weighted by molar-refractivity contribution is 7.32. The topological polar surface area (TPSA) is 140 Å². The summed E-state index contributed by atoms with van der Waals surface area (Å²) in [6.07, 6.45) is 18.6. The number of H-pyrrole nitrogens is 1. The molecule has 0 aliphatic carbocycles. The van der Waals surface area contributed by atoms with Crippen molar-refractivity contribution in [3.63, 3.8) is 0 Å². The lowest BCUT2D eigenvalue weighted by Crippen LogP contribution is -2.40. The van der Waals surface area contributed by atoms with Crippen molar-refractivity contribution in [2.24, 2.45) is 0 Å². The molecule has 0 bridgehead atoms. The molecular formula is C27H46N2O8P+. The van der Waals surface area contributed by atoms with Gasteiger partial charge in [-0.3, -0.25) is 14.3 Å². The smallest absolute Gasteiger partial charge is 0.394 e. The third kappa shape index (κ3) is 12.0. The number of hydrogen-bond donors (Lipinski definition) is 3. The van der Waals surface area contributed by atoms with Crippen LogP contribution < -0.4 is 11.2 Å². The van der Waals surface area contributed by atoms with E-state index in [0.717, 1.165) is 36.7 Å². The van der Waals surface area contributed by atoms with Crippen LogP contribution in [0.15, 0.2) is 34.0 Å². The third-order valence-electron chi connectivity index (χ3n) is 6.77. The Labute approximate surface area is 226 Å². The van der Waals surface area contributed by atoms with Crippen LogP contribution in [-0.4, -0.2) is 51.1 Å². The zero-order valence-electron chi connectivity index (χ0n) is 22.7. The molecule has 38 heavy (non-hydrogen) atoms. The Morgan fingerprint density at radius 2 is 1.58 bits per heavy atom. The molecule has 5 atom stereocenters. The van der Waals surface area contributed by atoms with Gasteiger partial charge in [0.1, 0.15) is 12.2 Å². The van der Waals surface area contributed by atoms with E-state index in [-0.39, 0.29) is 0 Å². The molecule has 0 aromatic carbocycles. The summed E-state index contributed by atoms with van der Waals surface area (Å²) in [4.78, 5) is 35.2. The number of unbranched alkanes of at least 4 members (excludes halogenated alkanes) is 12. The molecule has 1 fully saturated rings. The summed E-state index contributed by atoms with van der Waals surface area (Å²) in [6, 6.07) is 1.17. The first kappa shape index (κ1) is 32.5. The van der Waals surface area contributed by atoms with Gasteiger partial charge in [-0.1, -0.05) is 76.9 Å². The second kappa shape index (κ2) is 19.4. The molecule has 2 rings (SSSR count). The highest BCUT2D eigenvalue weighted by atomic mass is 31.1. The van der Waals surface area contributed by atoms with E-state index in [9.17, 15) is 24.2 Å². The number of aliphatic hydroxyl groups is 1.